The van der Waals surface area contributed by atoms with Crippen molar-refractivity contribution in [2.24, 2.45) is 10.4 Å². The molecule has 1 spiro atoms. The molecule has 17 heavy (non-hydrogen) atoms. The normalized spacial score (nSPS) is 23.6. The quantitative estimate of drug-likeness (QED) is 0.603. The topological polar surface area (TPSA) is 27.6 Å². The molecule has 1 saturated carbocycles. The van der Waals surface area contributed by atoms with Crippen LogP contribution in [-0.2, 0) is 0 Å². The minimum atomic E-state index is 0.641. The van der Waals surface area contributed by atoms with Gasteiger partial charge in [-0.2, -0.15) is 0 Å². The van der Waals surface area contributed by atoms with Gasteiger partial charge in [-0.05, 0) is 38.0 Å². The summed E-state index contributed by atoms with van der Waals surface area (Å²) in [6.07, 6.45) is 8.28. The Kier molecular flexibility index (Phi) is 4.30. The molecule has 2 aliphatic rings. The molecule has 2 fully saturated rings. The summed E-state index contributed by atoms with van der Waals surface area (Å²) in [6, 6.07) is 0. The van der Waals surface area contributed by atoms with Crippen molar-refractivity contribution >= 4 is 5.96 Å². The Morgan fingerprint density at radius 3 is 2.65 bits per heavy atom. The van der Waals surface area contributed by atoms with E-state index in [4.69, 9.17) is 4.99 Å². The Bertz CT molecular complexity index is 267. The van der Waals surface area contributed by atoms with Crippen LogP contribution < -0.4 is 5.32 Å². The van der Waals surface area contributed by atoms with E-state index in [-0.39, 0.29) is 0 Å². The fraction of sp³-hybridized carbons (Fsp3) is 0.929. The molecule has 1 N–H and O–H groups in total. The van der Waals surface area contributed by atoms with Gasteiger partial charge in [0.25, 0.3) is 0 Å². The van der Waals surface area contributed by atoms with Crippen molar-refractivity contribution in [3.63, 3.8) is 0 Å². The molecular formula is C14H27N3. The Balaban J connectivity index is 1.96. The first-order valence-corrected chi connectivity index (χ1v) is 7.33. The molecule has 0 amide bonds. The van der Waals surface area contributed by atoms with Crippen molar-refractivity contribution in [3.8, 4) is 0 Å². The molecule has 2 rings (SSSR count). The molecule has 98 valence electrons. The van der Waals surface area contributed by atoms with E-state index in [0.29, 0.717) is 5.41 Å². The van der Waals surface area contributed by atoms with E-state index in [1.54, 1.807) is 0 Å². The van der Waals surface area contributed by atoms with Crippen molar-refractivity contribution < 1.29 is 0 Å². The largest absolute Gasteiger partial charge is 0.357 e. The molecule has 0 aromatic rings. The first kappa shape index (κ1) is 12.7. The lowest BCUT2D eigenvalue weighted by molar-refractivity contribution is 0.309. The van der Waals surface area contributed by atoms with Gasteiger partial charge < -0.3 is 10.2 Å². The van der Waals surface area contributed by atoms with Gasteiger partial charge in [0.2, 0.25) is 0 Å². The molecule has 3 nitrogen and oxygen atoms in total. The van der Waals surface area contributed by atoms with Crippen LogP contribution in [0.25, 0.3) is 0 Å². The SMILES string of the molecule is CCCN=C(NCC)N1CCC2(CCCC2)C1. The maximum absolute atomic E-state index is 4.70. The van der Waals surface area contributed by atoms with E-state index in [1.165, 1.54) is 45.2 Å². The summed E-state index contributed by atoms with van der Waals surface area (Å²) in [6.45, 7) is 8.72. The standard InChI is InChI=1S/C14H27N3/c1-3-10-16-13(15-4-2)17-11-9-14(12-17)7-5-6-8-14/h3-12H2,1-2H3,(H,15,16). The highest BCUT2D eigenvalue weighted by atomic mass is 15.3. The highest BCUT2D eigenvalue weighted by molar-refractivity contribution is 5.80. The molecular weight excluding hydrogens is 210 g/mol. The smallest absolute Gasteiger partial charge is 0.193 e. The van der Waals surface area contributed by atoms with Crippen LogP contribution in [0, 0.1) is 5.41 Å². The van der Waals surface area contributed by atoms with Gasteiger partial charge in [0, 0.05) is 26.2 Å². The molecule has 0 atom stereocenters. The van der Waals surface area contributed by atoms with Crippen LogP contribution >= 0.6 is 0 Å². The van der Waals surface area contributed by atoms with Crippen molar-refractivity contribution in [2.45, 2.75) is 52.4 Å². The highest BCUT2D eigenvalue weighted by Gasteiger charge is 2.40. The maximum atomic E-state index is 4.70. The number of aliphatic imine (C=N–C) groups is 1. The average molecular weight is 237 g/mol. The van der Waals surface area contributed by atoms with Gasteiger partial charge in [0.15, 0.2) is 5.96 Å². The summed E-state index contributed by atoms with van der Waals surface area (Å²) >= 11 is 0. The molecule has 0 aromatic carbocycles. The van der Waals surface area contributed by atoms with E-state index >= 15 is 0 Å². The molecule has 1 heterocycles. The lowest BCUT2D eigenvalue weighted by atomic mass is 9.86. The fourth-order valence-electron chi connectivity index (χ4n) is 3.29. The third kappa shape index (κ3) is 2.93. The van der Waals surface area contributed by atoms with Gasteiger partial charge in [-0.15, -0.1) is 0 Å². The van der Waals surface area contributed by atoms with E-state index in [0.717, 1.165) is 25.5 Å². The number of guanidine groups is 1. The van der Waals surface area contributed by atoms with Crippen LogP contribution in [0.1, 0.15) is 52.4 Å². The van der Waals surface area contributed by atoms with E-state index in [9.17, 15) is 0 Å². The molecule has 1 aliphatic carbocycles. The number of likely N-dealkylation sites (tertiary alicyclic amines) is 1. The second-order valence-corrected chi connectivity index (χ2v) is 5.61. The molecule has 3 heteroatoms. The number of nitrogens with one attached hydrogen (secondary N) is 1. The van der Waals surface area contributed by atoms with Crippen molar-refractivity contribution in [1.29, 1.82) is 0 Å². The average Bonchev–Trinajstić information content (AvgIpc) is 2.96. The van der Waals surface area contributed by atoms with Gasteiger partial charge >= 0.3 is 0 Å². The fourth-order valence-corrected chi connectivity index (χ4v) is 3.29. The van der Waals surface area contributed by atoms with Gasteiger partial charge in [0.05, 0.1) is 0 Å². The number of hydrogen-bond donors (Lipinski definition) is 1. The van der Waals surface area contributed by atoms with E-state index in [1.807, 2.05) is 0 Å². The predicted octanol–water partition coefficient (Wildman–Crippen LogP) is 2.63. The third-order valence-electron chi connectivity index (χ3n) is 4.22. The van der Waals surface area contributed by atoms with Crippen LogP contribution in [0.5, 0.6) is 0 Å². The lowest BCUT2D eigenvalue weighted by Gasteiger charge is -2.25. The summed E-state index contributed by atoms with van der Waals surface area (Å²) in [5, 5.41) is 3.44. The zero-order valence-electron chi connectivity index (χ0n) is 11.5. The molecule has 0 unspecified atom stereocenters. The van der Waals surface area contributed by atoms with Crippen molar-refractivity contribution in [3.05, 3.63) is 0 Å². The molecule has 1 saturated heterocycles. The zero-order valence-corrected chi connectivity index (χ0v) is 11.5. The van der Waals surface area contributed by atoms with Gasteiger partial charge in [0.1, 0.15) is 0 Å². The monoisotopic (exact) mass is 237 g/mol. The Hall–Kier alpha value is -0.730. The molecule has 1 aliphatic heterocycles. The summed E-state index contributed by atoms with van der Waals surface area (Å²) in [5.74, 6) is 1.15. The summed E-state index contributed by atoms with van der Waals surface area (Å²) in [4.78, 5) is 7.19. The predicted molar refractivity (Wildman–Crippen MR) is 73.4 cm³/mol. The minimum Gasteiger partial charge on any atom is -0.357 e. The third-order valence-corrected chi connectivity index (χ3v) is 4.22. The Morgan fingerprint density at radius 1 is 1.24 bits per heavy atom. The maximum Gasteiger partial charge on any atom is 0.193 e. The number of rotatable bonds is 3. The first-order chi connectivity index (χ1) is 8.29. The van der Waals surface area contributed by atoms with Gasteiger partial charge in [-0.1, -0.05) is 19.8 Å². The first-order valence-electron chi connectivity index (χ1n) is 7.33. The number of hydrogen-bond acceptors (Lipinski definition) is 1. The van der Waals surface area contributed by atoms with Gasteiger partial charge in [-0.25, -0.2) is 0 Å². The van der Waals surface area contributed by atoms with Gasteiger partial charge in [-0.3, -0.25) is 4.99 Å². The minimum absolute atomic E-state index is 0.641. The van der Waals surface area contributed by atoms with Crippen molar-refractivity contribution in [2.75, 3.05) is 26.2 Å². The molecule has 0 aromatic heterocycles. The summed E-state index contributed by atoms with van der Waals surface area (Å²) < 4.78 is 0. The zero-order chi connectivity index (χ0) is 12.1. The second kappa shape index (κ2) is 5.74. The molecule has 0 bridgehead atoms. The summed E-state index contributed by atoms with van der Waals surface area (Å²) in [5.41, 5.74) is 0.641. The number of nitrogens with zero attached hydrogens (tertiary/aromatic N) is 2. The van der Waals surface area contributed by atoms with Crippen molar-refractivity contribution in [1.82, 2.24) is 10.2 Å². The Labute approximate surface area is 106 Å². The van der Waals surface area contributed by atoms with Crippen LogP contribution in [0.2, 0.25) is 0 Å². The highest BCUT2D eigenvalue weighted by Crippen LogP contribution is 2.45. The lowest BCUT2D eigenvalue weighted by Crippen LogP contribution is -2.41. The molecule has 0 radical (unpaired) electrons. The van der Waals surface area contributed by atoms with E-state index < -0.39 is 0 Å². The van der Waals surface area contributed by atoms with Crippen LogP contribution in [-0.4, -0.2) is 37.0 Å². The van der Waals surface area contributed by atoms with E-state index in [2.05, 4.69) is 24.1 Å². The van der Waals surface area contributed by atoms with Crippen LogP contribution in [0.3, 0.4) is 0 Å². The van der Waals surface area contributed by atoms with Crippen LogP contribution in [0.4, 0.5) is 0 Å². The Morgan fingerprint density at radius 2 is 2.00 bits per heavy atom. The second-order valence-electron chi connectivity index (χ2n) is 5.61. The van der Waals surface area contributed by atoms with Crippen LogP contribution in [0.15, 0.2) is 4.99 Å². The summed E-state index contributed by atoms with van der Waals surface area (Å²) in [7, 11) is 0.